The Morgan fingerprint density at radius 3 is 2.42 bits per heavy atom. The summed E-state index contributed by atoms with van der Waals surface area (Å²) in [6.07, 6.45) is 2.59. The molecular formula is C24H26N6O2S. The SMILES string of the molecule is Cc1ccc(S(=O)(=O)NC(=NCCc2c[nH]c3ccccc23)Nc2nc(C)cc(C)n2)cc1. The van der Waals surface area contributed by atoms with Gasteiger partial charge in [-0.1, -0.05) is 35.9 Å². The molecule has 3 N–H and O–H groups in total. The fourth-order valence-electron chi connectivity index (χ4n) is 3.52. The van der Waals surface area contributed by atoms with Crippen molar-refractivity contribution in [3.8, 4) is 0 Å². The summed E-state index contributed by atoms with van der Waals surface area (Å²) in [6, 6.07) is 16.5. The van der Waals surface area contributed by atoms with E-state index < -0.39 is 10.0 Å². The van der Waals surface area contributed by atoms with Crippen molar-refractivity contribution >= 4 is 32.8 Å². The second-order valence-electron chi connectivity index (χ2n) is 7.86. The molecule has 0 aliphatic heterocycles. The molecule has 9 heteroatoms. The first-order valence-electron chi connectivity index (χ1n) is 10.6. The Labute approximate surface area is 193 Å². The Morgan fingerprint density at radius 1 is 1.00 bits per heavy atom. The molecule has 33 heavy (non-hydrogen) atoms. The number of nitrogens with zero attached hydrogens (tertiary/aromatic N) is 3. The van der Waals surface area contributed by atoms with Crippen LogP contribution in [0.3, 0.4) is 0 Å². The van der Waals surface area contributed by atoms with Crippen molar-refractivity contribution in [2.24, 2.45) is 4.99 Å². The Bertz CT molecular complexity index is 1390. The summed E-state index contributed by atoms with van der Waals surface area (Å²) in [6.45, 7) is 5.97. The average molecular weight is 463 g/mol. The third-order valence-electron chi connectivity index (χ3n) is 5.10. The summed E-state index contributed by atoms with van der Waals surface area (Å²) in [5.41, 5.74) is 4.67. The number of fused-ring (bicyclic) bond motifs is 1. The highest BCUT2D eigenvalue weighted by Gasteiger charge is 2.17. The minimum Gasteiger partial charge on any atom is -0.361 e. The molecule has 0 atom stereocenters. The van der Waals surface area contributed by atoms with E-state index in [1.807, 2.05) is 57.3 Å². The molecule has 2 aromatic carbocycles. The topological polar surface area (TPSA) is 112 Å². The summed E-state index contributed by atoms with van der Waals surface area (Å²) < 4.78 is 28.5. The molecule has 0 saturated carbocycles. The van der Waals surface area contributed by atoms with Gasteiger partial charge < -0.3 is 4.98 Å². The second-order valence-corrected chi connectivity index (χ2v) is 9.54. The quantitative estimate of drug-likeness (QED) is 0.297. The molecule has 0 fully saturated rings. The van der Waals surface area contributed by atoms with E-state index >= 15 is 0 Å². The highest BCUT2D eigenvalue weighted by molar-refractivity contribution is 7.90. The number of aliphatic imine (C=N–C) groups is 1. The third-order valence-corrected chi connectivity index (χ3v) is 6.46. The molecule has 2 heterocycles. The fourth-order valence-corrected chi connectivity index (χ4v) is 4.50. The largest absolute Gasteiger partial charge is 0.361 e. The first kappa shape index (κ1) is 22.5. The molecule has 0 saturated heterocycles. The molecule has 0 aliphatic rings. The van der Waals surface area contributed by atoms with Crippen LogP contribution in [0.4, 0.5) is 5.95 Å². The Hall–Kier alpha value is -3.72. The first-order chi connectivity index (χ1) is 15.8. The summed E-state index contributed by atoms with van der Waals surface area (Å²) in [5, 5.41) is 4.07. The molecule has 0 radical (unpaired) electrons. The smallest absolute Gasteiger partial charge is 0.264 e. The van der Waals surface area contributed by atoms with E-state index in [1.54, 1.807) is 24.3 Å². The molecule has 0 unspecified atom stereocenters. The van der Waals surface area contributed by atoms with Gasteiger partial charge in [-0.15, -0.1) is 0 Å². The maximum absolute atomic E-state index is 13.0. The third kappa shape index (κ3) is 5.56. The number of aromatic amines is 1. The summed E-state index contributed by atoms with van der Waals surface area (Å²) >= 11 is 0. The normalized spacial score (nSPS) is 12.2. The van der Waals surface area contributed by atoms with Gasteiger partial charge in [-0.05, 0) is 57.0 Å². The minimum absolute atomic E-state index is 0.0698. The van der Waals surface area contributed by atoms with Gasteiger partial charge in [0.2, 0.25) is 11.9 Å². The molecule has 8 nitrogen and oxygen atoms in total. The molecule has 2 aromatic heterocycles. The Kier molecular flexibility index (Phi) is 6.41. The van der Waals surface area contributed by atoms with Crippen LogP contribution >= 0.6 is 0 Å². The predicted octanol–water partition coefficient (Wildman–Crippen LogP) is 3.87. The van der Waals surface area contributed by atoms with E-state index in [9.17, 15) is 8.42 Å². The number of nitrogens with one attached hydrogen (secondary N) is 3. The lowest BCUT2D eigenvalue weighted by Crippen LogP contribution is -2.37. The second kappa shape index (κ2) is 9.41. The van der Waals surface area contributed by atoms with E-state index in [0.717, 1.165) is 33.4 Å². The number of H-pyrrole nitrogens is 1. The lowest BCUT2D eigenvalue weighted by molar-refractivity contribution is 0.592. The average Bonchev–Trinajstić information content (AvgIpc) is 3.16. The number of anilines is 1. The number of benzene rings is 2. The Balaban J connectivity index is 1.59. The number of para-hydroxylation sites is 1. The van der Waals surface area contributed by atoms with Gasteiger partial charge in [-0.25, -0.2) is 23.1 Å². The van der Waals surface area contributed by atoms with Crippen LogP contribution in [0.2, 0.25) is 0 Å². The summed E-state index contributed by atoms with van der Waals surface area (Å²) in [4.78, 5) is 16.6. The van der Waals surface area contributed by atoms with Crippen LogP contribution in [0.15, 0.2) is 70.7 Å². The van der Waals surface area contributed by atoms with Gasteiger partial charge in [-0.3, -0.25) is 10.3 Å². The fraction of sp³-hybridized carbons (Fsp3) is 0.208. The molecule has 4 aromatic rings. The highest BCUT2D eigenvalue weighted by Crippen LogP contribution is 2.18. The van der Waals surface area contributed by atoms with Gasteiger partial charge in [0.1, 0.15) is 0 Å². The van der Waals surface area contributed by atoms with E-state index in [0.29, 0.717) is 13.0 Å². The number of rotatable bonds is 6. The van der Waals surface area contributed by atoms with Crippen LogP contribution in [0, 0.1) is 20.8 Å². The van der Waals surface area contributed by atoms with E-state index in [4.69, 9.17) is 0 Å². The summed E-state index contributed by atoms with van der Waals surface area (Å²) in [5.74, 6) is 0.352. The van der Waals surface area contributed by atoms with Crippen molar-refractivity contribution in [3.05, 3.63) is 83.3 Å². The van der Waals surface area contributed by atoms with Gasteiger partial charge in [0, 0.05) is 35.0 Å². The standard InChI is InChI=1S/C24H26N6O2S/c1-16-8-10-20(11-9-16)33(31,32)30-23(29-24-27-17(2)14-18(3)28-24)25-13-12-19-15-26-22-7-5-4-6-21(19)22/h4-11,14-15,26H,12-13H2,1-3H3,(H2,25,27,28,29,30). The lowest BCUT2D eigenvalue weighted by atomic mass is 10.1. The van der Waals surface area contributed by atoms with Crippen molar-refractivity contribution in [3.63, 3.8) is 0 Å². The van der Waals surface area contributed by atoms with Crippen LogP contribution in [0.25, 0.3) is 10.9 Å². The Morgan fingerprint density at radius 2 is 1.70 bits per heavy atom. The highest BCUT2D eigenvalue weighted by atomic mass is 32.2. The van der Waals surface area contributed by atoms with Gasteiger partial charge in [-0.2, -0.15) is 0 Å². The summed E-state index contributed by atoms with van der Waals surface area (Å²) in [7, 11) is -3.84. The number of sulfonamides is 1. The minimum atomic E-state index is -3.84. The number of hydrogen-bond donors (Lipinski definition) is 3. The van der Waals surface area contributed by atoms with Crippen LogP contribution in [-0.4, -0.2) is 35.9 Å². The number of guanidine groups is 1. The number of aromatic nitrogens is 3. The van der Waals surface area contributed by atoms with E-state index in [-0.39, 0.29) is 16.8 Å². The van der Waals surface area contributed by atoms with Crippen molar-refractivity contribution in [1.82, 2.24) is 19.7 Å². The zero-order valence-corrected chi connectivity index (χ0v) is 19.6. The van der Waals surface area contributed by atoms with E-state index in [1.165, 1.54) is 0 Å². The zero-order chi connectivity index (χ0) is 23.4. The zero-order valence-electron chi connectivity index (χ0n) is 18.8. The van der Waals surface area contributed by atoms with Crippen LogP contribution in [-0.2, 0) is 16.4 Å². The molecule has 0 amide bonds. The molecule has 0 bridgehead atoms. The predicted molar refractivity (Wildman–Crippen MR) is 131 cm³/mol. The van der Waals surface area contributed by atoms with Crippen molar-refractivity contribution in [1.29, 1.82) is 0 Å². The molecular weight excluding hydrogens is 436 g/mol. The van der Waals surface area contributed by atoms with Crippen LogP contribution in [0.5, 0.6) is 0 Å². The first-order valence-corrected chi connectivity index (χ1v) is 12.1. The number of aryl methyl sites for hydroxylation is 3. The van der Waals surface area contributed by atoms with E-state index in [2.05, 4.69) is 30.0 Å². The molecule has 170 valence electrons. The van der Waals surface area contributed by atoms with Gasteiger partial charge in [0.05, 0.1) is 4.90 Å². The van der Waals surface area contributed by atoms with Crippen LogP contribution < -0.4 is 10.0 Å². The van der Waals surface area contributed by atoms with Crippen molar-refractivity contribution in [2.45, 2.75) is 32.1 Å². The van der Waals surface area contributed by atoms with Crippen LogP contribution in [0.1, 0.15) is 22.5 Å². The van der Waals surface area contributed by atoms with Crippen molar-refractivity contribution in [2.75, 3.05) is 11.9 Å². The molecule has 0 spiro atoms. The van der Waals surface area contributed by atoms with Gasteiger partial charge >= 0.3 is 0 Å². The van der Waals surface area contributed by atoms with Gasteiger partial charge in [0.25, 0.3) is 10.0 Å². The molecule has 0 aliphatic carbocycles. The van der Waals surface area contributed by atoms with Crippen molar-refractivity contribution < 1.29 is 8.42 Å². The molecule has 4 rings (SSSR count). The maximum Gasteiger partial charge on any atom is 0.264 e. The lowest BCUT2D eigenvalue weighted by Gasteiger charge is -2.13. The monoisotopic (exact) mass is 462 g/mol. The van der Waals surface area contributed by atoms with Gasteiger partial charge in [0.15, 0.2) is 0 Å². The maximum atomic E-state index is 13.0. The number of hydrogen-bond acceptors (Lipinski definition) is 5.